The molecule has 1 aromatic carbocycles. The van der Waals surface area contributed by atoms with Gasteiger partial charge in [0.1, 0.15) is 5.75 Å². The van der Waals surface area contributed by atoms with Gasteiger partial charge in [0.2, 0.25) is 0 Å². The Labute approximate surface area is 129 Å². The van der Waals surface area contributed by atoms with Gasteiger partial charge >= 0.3 is 0 Å². The number of ether oxygens (including phenoxy) is 1. The van der Waals surface area contributed by atoms with Gasteiger partial charge in [0, 0.05) is 34.4 Å². The maximum absolute atomic E-state index is 6.14. The summed E-state index contributed by atoms with van der Waals surface area (Å²) in [6, 6.07) is 4.29. The highest BCUT2D eigenvalue weighted by Gasteiger charge is 2.25. The third kappa shape index (κ3) is 3.26. The highest BCUT2D eigenvalue weighted by atomic mass is 79.9. The van der Waals surface area contributed by atoms with Crippen LogP contribution in [0.4, 0.5) is 0 Å². The fourth-order valence-corrected chi connectivity index (χ4v) is 3.52. The molecule has 0 atom stereocenters. The zero-order chi connectivity index (χ0) is 13.9. The first-order valence-corrected chi connectivity index (χ1v) is 8.22. The summed E-state index contributed by atoms with van der Waals surface area (Å²) >= 11 is 9.71. The van der Waals surface area contributed by atoms with E-state index in [4.69, 9.17) is 16.3 Å². The smallest absolute Gasteiger partial charge is 0.127 e. The molecule has 1 aliphatic heterocycles. The molecule has 0 saturated carbocycles. The van der Waals surface area contributed by atoms with Gasteiger partial charge in [-0.1, -0.05) is 29.8 Å². The van der Waals surface area contributed by atoms with Crippen molar-refractivity contribution >= 4 is 27.5 Å². The highest BCUT2D eigenvalue weighted by Crippen LogP contribution is 2.33. The maximum Gasteiger partial charge on any atom is 0.127 e. The predicted molar refractivity (Wildman–Crippen MR) is 84.2 cm³/mol. The number of nitrogens with one attached hydrogen (secondary N) is 1. The van der Waals surface area contributed by atoms with Crippen LogP contribution in [0, 0.1) is 0 Å². The summed E-state index contributed by atoms with van der Waals surface area (Å²) in [4.78, 5) is 0. The van der Waals surface area contributed by atoms with Crippen LogP contribution in [0.1, 0.15) is 37.8 Å². The molecule has 0 aromatic heterocycles. The summed E-state index contributed by atoms with van der Waals surface area (Å²) in [5.41, 5.74) is 2.55. The van der Waals surface area contributed by atoms with Crippen LogP contribution in [-0.4, -0.2) is 18.0 Å². The Bertz CT molecular complexity index is 438. The molecule has 0 saturated heterocycles. The van der Waals surface area contributed by atoms with Crippen LogP contribution in [0.15, 0.2) is 16.6 Å². The molecule has 4 heteroatoms. The summed E-state index contributed by atoms with van der Waals surface area (Å²) in [6.07, 6.45) is 3.07. The Morgan fingerprint density at radius 3 is 2.74 bits per heavy atom. The molecule has 0 radical (unpaired) electrons. The van der Waals surface area contributed by atoms with E-state index in [0.717, 1.165) is 42.6 Å². The van der Waals surface area contributed by atoms with E-state index >= 15 is 0 Å². The largest absolute Gasteiger partial charge is 0.493 e. The summed E-state index contributed by atoms with van der Waals surface area (Å²) < 4.78 is 6.88. The van der Waals surface area contributed by atoms with E-state index in [1.807, 2.05) is 0 Å². The molecule has 2 rings (SSSR count). The molecule has 1 aromatic rings. The second-order valence-corrected chi connectivity index (χ2v) is 6.31. The lowest BCUT2D eigenvalue weighted by molar-refractivity contribution is 0.324. The van der Waals surface area contributed by atoms with Crippen LogP contribution < -0.4 is 10.1 Å². The van der Waals surface area contributed by atoms with E-state index in [0.29, 0.717) is 5.88 Å². The lowest BCUT2D eigenvalue weighted by Gasteiger charge is -2.31. The molecule has 0 unspecified atom stereocenters. The third-order valence-corrected chi connectivity index (χ3v) is 5.06. The van der Waals surface area contributed by atoms with E-state index in [-0.39, 0.29) is 5.54 Å². The minimum Gasteiger partial charge on any atom is -0.493 e. The summed E-state index contributed by atoms with van der Waals surface area (Å²) in [5, 5.41) is 3.62. The molecular weight excluding hydrogens is 326 g/mol. The normalized spacial score (nSPS) is 14.3. The van der Waals surface area contributed by atoms with Crippen LogP contribution in [0.25, 0.3) is 0 Å². The van der Waals surface area contributed by atoms with Gasteiger partial charge in [0.25, 0.3) is 0 Å². The molecule has 1 aliphatic rings. The summed E-state index contributed by atoms with van der Waals surface area (Å²) in [5.74, 6) is 1.70. The van der Waals surface area contributed by atoms with Crippen LogP contribution in [-0.2, 0) is 13.0 Å². The van der Waals surface area contributed by atoms with E-state index in [1.165, 1.54) is 11.1 Å². The molecule has 0 fully saturated rings. The molecule has 1 heterocycles. The van der Waals surface area contributed by atoms with Crippen molar-refractivity contribution in [3.63, 3.8) is 0 Å². The fraction of sp³-hybridized carbons (Fsp3) is 0.600. The number of halogens is 2. The van der Waals surface area contributed by atoms with Crippen molar-refractivity contribution in [2.24, 2.45) is 0 Å². The van der Waals surface area contributed by atoms with Gasteiger partial charge in [-0.25, -0.2) is 0 Å². The zero-order valence-corrected chi connectivity index (χ0v) is 13.9. The average Bonchev–Trinajstić information content (AvgIpc) is 2.88. The van der Waals surface area contributed by atoms with Gasteiger partial charge in [-0.15, -0.1) is 11.6 Å². The van der Waals surface area contributed by atoms with Gasteiger partial charge in [0.05, 0.1) is 6.61 Å². The first-order valence-electron chi connectivity index (χ1n) is 6.89. The van der Waals surface area contributed by atoms with Crippen LogP contribution in [0.3, 0.4) is 0 Å². The summed E-state index contributed by atoms with van der Waals surface area (Å²) in [6.45, 7) is 5.96. The SMILES string of the molecule is CCC(CC)(CCl)NCc1cc(Br)cc2c1OCC2. The Hall–Kier alpha value is -0.250. The van der Waals surface area contributed by atoms with Crippen LogP contribution >= 0.6 is 27.5 Å². The summed E-state index contributed by atoms with van der Waals surface area (Å²) in [7, 11) is 0. The molecule has 106 valence electrons. The molecule has 0 aliphatic carbocycles. The number of hydrogen-bond acceptors (Lipinski definition) is 2. The zero-order valence-electron chi connectivity index (χ0n) is 11.6. The Balaban J connectivity index is 2.16. The number of hydrogen-bond donors (Lipinski definition) is 1. The van der Waals surface area contributed by atoms with E-state index in [9.17, 15) is 0 Å². The van der Waals surface area contributed by atoms with Crippen molar-refractivity contribution in [2.75, 3.05) is 12.5 Å². The molecule has 19 heavy (non-hydrogen) atoms. The van der Waals surface area contributed by atoms with Crippen LogP contribution in [0.5, 0.6) is 5.75 Å². The Morgan fingerprint density at radius 2 is 2.11 bits per heavy atom. The van der Waals surface area contributed by atoms with Gasteiger partial charge < -0.3 is 10.1 Å². The first-order chi connectivity index (χ1) is 9.14. The second kappa shape index (κ2) is 6.47. The minimum absolute atomic E-state index is 0.0232. The second-order valence-electron chi connectivity index (χ2n) is 5.13. The number of fused-ring (bicyclic) bond motifs is 1. The van der Waals surface area contributed by atoms with E-state index < -0.39 is 0 Å². The monoisotopic (exact) mass is 345 g/mol. The van der Waals surface area contributed by atoms with Gasteiger partial charge in [-0.2, -0.15) is 0 Å². The number of rotatable bonds is 6. The molecule has 1 N–H and O–H groups in total. The highest BCUT2D eigenvalue weighted by molar-refractivity contribution is 9.10. The van der Waals surface area contributed by atoms with Crippen molar-refractivity contribution in [2.45, 2.75) is 45.2 Å². The third-order valence-electron chi connectivity index (χ3n) is 4.09. The fourth-order valence-electron chi connectivity index (χ4n) is 2.50. The average molecular weight is 347 g/mol. The maximum atomic E-state index is 6.14. The van der Waals surface area contributed by atoms with Crippen molar-refractivity contribution in [3.05, 3.63) is 27.7 Å². The quantitative estimate of drug-likeness (QED) is 0.777. The van der Waals surface area contributed by atoms with Gasteiger partial charge in [0.15, 0.2) is 0 Å². The van der Waals surface area contributed by atoms with Crippen molar-refractivity contribution in [3.8, 4) is 5.75 Å². The topological polar surface area (TPSA) is 21.3 Å². The molecule has 2 nitrogen and oxygen atoms in total. The lowest BCUT2D eigenvalue weighted by atomic mass is 9.94. The van der Waals surface area contributed by atoms with E-state index in [1.54, 1.807) is 0 Å². The number of benzene rings is 1. The predicted octanol–water partition coefficient (Wildman–Crippen LogP) is 4.27. The molecule has 0 amide bonds. The van der Waals surface area contributed by atoms with Gasteiger partial charge in [-0.05, 0) is 30.5 Å². The lowest BCUT2D eigenvalue weighted by Crippen LogP contribution is -2.45. The van der Waals surface area contributed by atoms with Crippen LogP contribution in [0.2, 0.25) is 0 Å². The molecular formula is C15H21BrClNO. The Morgan fingerprint density at radius 1 is 1.37 bits per heavy atom. The molecule has 0 bridgehead atoms. The number of alkyl halides is 1. The molecule has 0 spiro atoms. The van der Waals surface area contributed by atoms with Crippen molar-refractivity contribution < 1.29 is 4.74 Å². The minimum atomic E-state index is 0.0232. The standard InChI is InChI=1S/C15H21BrClNO/c1-3-15(4-2,10-17)18-9-12-8-13(16)7-11-5-6-19-14(11)12/h7-8,18H,3-6,9-10H2,1-2H3. The van der Waals surface area contributed by atoms with E-state index in [2.05, 4.69) is 47.2 Å². The Kier molecular flexibility index (Phi) is 5.15. The first kappa shape index (κ1) is 15.1. The van der Waals surface area contributed by atoms with Gasteiger partial charge in [-0.3, -0.25) is 0 Å². The van der Waals surface area contributed by atoms with Crippen molar-refractivity contribution in [1.82, 2.24) is 5.32 Å². The van der Waals surface area contributed by atoms with Crippen molar-refractivity contribution in [1.29, 1.82) is 0 Å².